The Bertz CT molecular complexity index is 1220. The fourth-order valence-electron chi connectivity index (χ4n) is 5.61. The molecule has 0 aromatic heterocycles. The van der Waals surface area contributed by atoms with Crippen molar-refractivity contribution in [1.29, 1.82) is 0 Å². The molecule has 60 heavy (non-hydrogen) atoms. The highest BCUT2D eigenvalue weighted by molar-refractivity contribution is 14.1. The van der Waals surface area contributed by atoms with Gasteiger partial charge in [-0.2, -0.15) is 0 Å². The predicted octanol–water partition coefficient (Wildman–Crippen LogP) is 4.34. The van der Waals surface area contributed by atoms with Gasteiger partial charge in [0.25, 0.3) is 0 Å². The van der Waals surface area contributed by atoms with Crippen LogP contribution in [0.15, 0.2) is 0 Å². The van der Waals surface area contributed by atoms with Gasteiger partial charge in [0, 0.05) is 19.6 Å². The number of alkyl halides is 1. The second-order valence-electron chi connectivity index (χ2n) is 17.3. The van der Waals surface area contributed by atoms with Crippen molar-refractivity contribution in [3.8, 4) is 0 Å². The molecule has 0 aromatic carbocycles. The zero-order valence-corrected chi connectivity index (χ0v) is 43.3. The topological polar surface area (TPSA) is 185 Å². The first-order chi connectivity index (χ1) is 28.1. The number of rotatable bonds is 36. The van der Waals surface area contributed by atoms with Gasteiger partial charge in [0.2, 0.25) is 11.8 Å². The summed E-state index contributed by atoms with van der Waals surface area (Å²) in [7, 11) is 7.57. The van der Waals surface area contributed by atoms with Crippen LogP contribution in [0.25, 0.3) is 0 Å². The molecular formula is C41H77IN3O12P3. The van der Waals surface area contributed by atoms with Crippen LogP contribution in [0.2, 0.25) is 0 Å². The summed E-state index contributed by atoms with van der Waals surface area (Å²) in [6.45, 7) is 15.9. The molecule has 4 unspecified atom stereocenters. The minimum atomic E-state index is -1.28. The SMILES string of the molecule is CPCC(C)(C)C(=O)OCC(COCC(=O)CCCOCCOCCNC(=O)C(CCCN(C)C)NC(=O)CI)(COC(=O)C(C)(C)CCP)COC(=O)C(C)(C)CPC. The van der Waals surface area contributed by atoms with E-state index in [4.69, 9.17) is 28.4 Å². The number of Topliss-reactive ketones (excluding diaryl/α,β-unsaturated/α-hetero) is 1. The summed E-state index contributed by atoms with van der Waals surface area (Å²) >= 11 is 1.96. The van der Waals surface area contributed by atoms with E-state index in [0.29, 0.717) is 74.7 Å². The monoisotopic (exact) mass is 1020 g/mol. The van der Waals surface area contributed by atoms with Crippen LogP contribution < -0.4 is 10.6 Å². The number of esters is 3. The van der Waals surface area contributed by atoms with Crippen molar-refractivity contribution >= 4 is 84.5 Å². The molecule has 0 aromatic rings. The minimum Gasteiger partial charge on any atom is -0.464 e. The van der Waals surface area contributed by atoms with Crippen molar-refractivity contribution in [1.82, 2.24) is 15.5 Å². The first-order valence-corrected chi connectivity index (χ1v) is 26.4. The molecule has 0 rings (SSSR count). The van der Waals surface area contributed by atoms with Gasteiger partial charge in [-0.25, -0.2) is 0 Å². The largest absolute Gasteiger partial charge is 0.464 e. The normalized spacial score (nSPS) is 14.0. The Hall–Kier alpha value is -1.12. The maximum Gasteiger partial charge on any atom is 0.311 e. The van der Waals surface area contributed by atoms with Gasteiger partial charge < -0.3 is 44.0 Å². The van der Waals surface area contributed by atoms with Crippen LogP contribution in [-0.4, -0.2) is 169 Å². The molecule has 15 nitrogen and oxygen atoms in total. The molecular weight excluding hydrogens is 946 g/mol. The number of hydrogen-bond acceptors (Lipinski definition) is 13. The van der Waals surface area contributed by atoms with E-state index in [1.165, 1.54) is 0 Å². The Morgan fingerprint density at radius 1 is 0.717 bits per heavy atom. The molecule has 19 heteroatoms. The van der Waals surface area contributed by atoms with Gasteiger partial charge in [0.05, 0.1) is 52.5 Å². The third-order valence-corrected chi connectivity index (χ3v) is 12.9. The summed E-state index contributed by atoms with van der Waals surface area (Å²) in [6.07, 6.45) is 4.43. The highest BCUT2D eigenvalue weighted by Crippen LogP contribution is 2.31. The Kier molecular flexibility index (Phi) is 31.1. The van der Waals surface area contributed by atoms with E-state index < -0.39 is 45.6 Å². The Morgan fingerprint density at radius 2 is 1.23 bits per heavy atom. The molecule has 2 amide bonds. The second-order valence-corrected chi connectivity index (χ2v) is 20.8. The van der Waals surface area contributed by atoms with Crippen LogP contribution in [0.5, 0.6) is 0 Å². The zero-order valence-electron chi connectivity index (χ0n) is 38.0. The van der Waals surface area contributed by atoms with Crippen molar-refractivity contribution < 1.29 is 57.2 Å². The number of nitrogens with one attached hydrogen (secondary N) is 2. The standard InChI is InChI=1S/C41H77IN3O12P3/c1-38(2,15-22-58)35(49)55-26-41(27-56-36(50)39(3,4)29-59-9,28-57-37(51)40(5,6)30-60-10)25-54-24-31(46)13-12-18-52-20-21-53-19-16-43-34(48)32(44-33(47)23-42)14-11-17-45(7)8/h32,59-60H,11-30,58H2,1-10H3,(H,43,48)(H,44,47). The fourth-order valence-corrected chi connectivity index (χ4v) is 8.61. The number of nitrogens with zero attached hydrogens (tertiary/aromatic N) is 1. The lowest BCUT2D eigenvalue weighted by Gasteiger charge is -2.35. The lowest BCUT2D eigenvalue weighted by molar-refractivity contribution is -0.178. The van der Waals surface area contributed by atoms with Crippen LogP contribution in [0.1, 0.15) is 73.6 Å². The Morgan fingerprint density at radius 3 is 1.72 bits per heavy atom. The van der Waals surface area contributed by atoms with Crippen molar-refractivity contribution in [2.45, 2.75) is 79.7 Å². The number of carbonyl (C=O) groups excluding carboxylic acids is 6. The maximum absolute atomic E-state index is 13.3. The van der Waals surface area contributed by atoms with Gasteiger partial charge in [-0.1, -0.05) is 22.6 Å². The average Bonchev–Trinajstić information content (AvgIpc) is 3.17. The fraction of sp³-hybridized carbons (Fsp3) is 0.854. The van der Waals surface area contributed by atoms with E-state index in [9.17, 15) is 28.8 Å². The summed E-state index contributed by atoms with van der Waals surface area (Å²) in [5.74, 6) is -1.93. The van der Waals surface area contributed by atoms with Crippen molar-refractivity contribution in [3.63, 3.8) is 0 Å². The highest BCUT2D eigenvalue weighted by atomic mass is 127. The molecule has 0 aliphatic heterocycles. The van der Waals surface area contributed by atoms with Gasteiger partial charge in [-0.15, -0.1) is 26.4 Å². The molecule has 0 aliphatic rings. The molecule has 2 N–H and O–H groups in total. The number of ketones is 1. The van der Waals surface area contributed by atoms with Crippen LogP contribution in [0.4, 0.5) is 0 Å². The van der Waals surface area contributed by atoms with Crippen LogP contribution in [-0.2, 0) is 57.2 Å². The molecule has 4 atom stereocenters. The van der Waals surface area contributed by atoms with Gasteiger partial charge in [0.1, 0.15) is 32.5 Å². The minimum absolute atomic E-state index is 0.180. The van der Waals surface area contributed by atoms with Gasteiger partial charge >= 0.3 is 17.9 Å². The van der Waals surface area contributed by atoms with E-state index in [1.807, 2.05) is 82.6 Å². The molecule has 0 saturated heterocycles. The van der Waals surface area contributed by atoms with E-state index in [-0.39, 0.29) is 74.6 Å². The Balaban J connectivity index is 5.29. The lowest BCUT2D eigenvalue weighted by Crippen LogP contribution is -2.48. The first kappa shape index (κ1) is 58.9. The number of carbonyl (C=O) groups is 6. The molecule has 350 valence electrons. The highest BCUT2D eigenvalue weighted by Gasteiger charge is 2.41. The lowest BCUT2D eigenvalue weighted by atomic mass is 9.89. The van der Waals surface area contributed by atoms with Crippen molar-refractivity contribution in [2.75, 3.05) is 123 Å². The Labute approximate surface area is 379 Å². The number of ether oxygens (including phenoxy) is 6. The summed E-state index contributed by atoms with van der Waals surface area (Å²) in [6, 6.07) is -0.598. The van der Waals surface area contributed by atoms with Gasteiger partial charge in [-0.05, 0) is 120 Å². The summed E-state index contributed by atoms with van der Waals surface area (Å²) < 4.78 is 35.0. The number of halogens is 1. The van der Waals surface area contributed by atoms with E-state index >= 15 is 0 Å². The third-order valence-electron chi connectivity index (χ3n) is 9.40. The molecule has 0 radical (unpaired) electrons. The smallest absolute Gasteiger partial charge is 0.311 e. The third kappa shape index (κ3) is 25.9. The summed E-state index contributed by atoms with van der Waals surface area (Å²) in [4.78, 5) is 79.2. The van der Waals surface area contributed by atoms with E-state index in [2.05, 4.69) is 19.9 Å². The maximum atomic E-state index is 13.3. The van der Waals surface area contributed by atoms with E-state index in [0.717, 1.165) is 13.0 Å². The predicted molar refractivity (Wildman–Crippen MR) is 252 cm³/mol. The van der Waals surface area contributed by atoms with Gasteiger partial charge in [0.15, 0.2) is 5.78 Å². The molecule has 0 saturated carbocycles. The first-order valence-electron chi connectivity index (χ1n) is 20.7. The van der Waals surface area contributed by atoms with Gasteiger partial charge in [-0.3, -0.25) is 28.8 Å². The molecule has 0 aliphatic carbocycles. The molecule has 0 heterocycles. The summed E-state index contributed by atoms with van der Waals surface area (Å²) in [5, 5.41) is 5.59. The van der Waals surface area contributed by atoms with E-state index in [1.54, 1.807) is 13.8 Å². The second kappa shape index (κ2) is 31.7. The summed E-state index contributed by atoms with van der Waals surface area (Å²) in [5.41, 5.74) is -3.59. The average molecular weight is 1020 g/mol. The number of amides is 2. The van der Waals surface area contributed by atoms with Crippen LogP contribution in [0, 0.1) is 21.7 Å². The van der Waals surface area contributed by atoms with Crippen molar-refractivity contribution in [2.24, 2.45) is 21.7 Å². The van der Waals surface area contributed by atoms with Crippen molar-refractivity contribution in [3.05, 3.63) is 0 Å². The zero-order chi connectivity index (χ0) is 45.8. The number of hydrogen-bond donors (Lipinski definition) is 2. The molecule has 0 fully saturated rings. The quantitative estimate of drug-likeness (QED) is 0.0226. The van der Waals surface area contributed by atoms with Crippen LogP contribution in [0.3, 0.4) is 0 Å². The van der Waals surface area contributed by atoms with Crippen LogP contribution >= 0.6 is 49.0 Å². The molecule has 0 spiro atoms. The molecule has 0 bridgehead atoms.